The van der Waals surface area contributed by atoms with Gasteiger partial charge in [0.25, 0.3) is 0 Å². The van der Waals surface area contributed by atoms with Gasteiger partial charge in [-0.3, -0.25) is 0 Å². The van der Waals surface area contributed by atoms with Crippen LogP contribution in [0, 0.1) is 13.8 Å². The van der Waals surface area contributed by atoms with Crippen LogP contribution in [0.25, 0.3) is 5.70 Å². The van der Waals surface area contributed by atoms with E-state index in [0.29, 0.717) is 0 Å². The molecule has 3 N–H and O–H groups in total. The van der Waals surface area contributed by atoms with Gasteiger partial charge in [-0.2, -0.15) is 0 Å². The molecule has 1 aliphatic heterocycles. The van der Waals surface area contributed by atoms with E-state index in [1.54, 1.807) is 0 Å². The number of allylic oxidation sites excluding steroid dienone is 2. The molecular weight excluding hydrogens is 234 g/mol. The van der Waals surface area contributed by atoms with Crippen LogP contribution in [0.3, 0.4) is 0 Å². The van der Waals surface area contributed by atoms with E-state index in [4.69, 9.17) is 5.73 Å². The number of pyridine rings is 1. The van der Waals surface area contributed by atoms with E-state index in [9.17, 15) is 0 Å². The summed E-state index contributed by atoms with van der Waals surface area (Å²) in [6.45, 7) is 6.26. The molecule has 1 aromatic heterocycles. The molecule has 1 atom stereocenters. The van der Waals surface area contributed by atoms with Gasteiger partial charge in [0, 0.05) is 22.5 Å². The summed E-state index contributed by atoms with van der Waals surface area (Å²) in [5, 5.41) is 3.48. The smallest absolute Gasteiger partial charge is 0.136 e. The number of aryl methyl sites for hydroxylation is 2. The second kappa shape index (κ2) is 4.26. The van der Waals surface area contributed by atoms with Crippen LogP contribution in [0.2, 0.25) is 0 Å². The molecule has 1 aliphatic carbocycles. The quantitative estimate of drug-likeness (QED) is 0.808. The molecule has 0 spiro atoms. The van der Waals surface area contributed by atoms with E-state index in [2.05, 4.69) is 48.4 Å². The Morgan fingerprint density at radius 3 is 2.89 bits per heavy atom. The molecule has 1 aromatic rings. The third-order valence-corrected chi connectivity index (χ3v) is 3.80. The zero-order valence-corrected chi connectivity index (χ0v) is 11.6. The fraction of sp³-hybridized carbons (Fsp3) is 0.312. The fourth-order valence-electron chi connectivity index (χ4n) is 2.83. The summed E-state index contributed by atoms with van der Waals surface area (Å²) in [4.78, 5) is 4.58. The summed E-state index contributed by atoms with van der Waals surface area (Å²) in [5.41, 5.74) is 13.0. The molecule has 0 bridgehead atoms. The van der Waals surface area contributed by atoms with Gasteiger partial charge in [-0.05, 0) is 37.5 Å². The van der Waals surface area contributed by atoms with E-state index >= 15 is 0 Å². The highest BCUT2D eigenvalue weighted by Crippen LogP contribution is 2.35. The molecule has 3 rings (SSSR count). The van der Waals surface area contributed by atoms with Crippen molar-refractivity contribution in [1.82, 2.24) is 4.98 Å². The first-order chi connectivity index (χ1) is 9.10. The summed E-state index contributed by atoms with van der Waals surface area (Å²) in [7, 11) is 0. The minimum atomic E-state index is 0.150. The molecule has 0 fully saturated rings. The van der Waals surface area contributed by atoms with Gasteiger partial charge in [-0.1, -0.05) is 25.2 Å². The lowest BCUT2D eigenvalue weighted by molar-refractivity contribution is 0.962. The van der Waals surface area contributed by atoms with Crippen LogP contribution in [-0.4, -0.2) is 11.0 Å². The number of nitrogens with two attached hydrogens (primary N) is 1. The van der Waals surface area contributed by atoms with Crippen molar-refractivity contribution >= 4 is 11.5 Å². The molecule has 98 valence electrons. The van der Waals surface area contributed by atoms with E-state index < -0.39 is 0 Å². The van der Waals surface area contributed by atoms with Gasteiger partial charge in [0.05, 0.1) is 6.04 Å². The largest absolute Gasteiger partial charge is 0.398 e. The van der Waals surface area contributed by atoms with Crippen molar-refractivity contribution in [2.75, 3.05) is 5.32 Å². The summed E-state index contributed by atoms with van der Waals surface area (Å²) in [6, 6.07) is 2.23. The van der Waals surface area contributed by atoms with Crippen molar-refractivity contribution < 1.29 is 0 Å². The number of hydrogen-bond acceptors (Lipinski definition) is 3. The third-order valence-electron chi connectivity index (χ3n) is 3.80. The number of fused-ring (bicyclic) bond motifs is 2. The first kappa shape index (κ1) is 12.0. The van der Waals surface area contributed by atoms with Crippen LogP contribution in [-0.2, 0) is 0 Å². The second-order valence-corrected chi connectivity index (χ2v) is 5.23. The lowest BCUT2D eigenvalue weighted by Gasteiger charge is -2.30. The fourth-order valence-corrected chi connectivity index (χ4v) is 2.83. The van der Waals surface area contributed by atoms with E-state index in [-0.39, 0.29) is 6.04 Å². The molecule has 19 heavy (non-hydrogen) atoms. The van der Waals surface area contributed by atoms with E-state index in [1.165, 1.54) is 16.7 Å². The van der Waals surface area contributed by atoms with Crippen LogP contribution in [0.4, 0.5) is 5.82 Å². The maximum Gasteiger partial charge on any atom is 0.136 e. The van der Waals surface area contributed by atoms with Crippen LogP contribution in [0.1, 0.15) is 30.2 Å². The van der Waals surface area contributed by atoms with Gasteiger partial charge >= 0.3 is 0 Å². The highest BCUT2D eigenvalue weighted by atomic mass is 15.0. The van der Waals surface area contributed by atoms with Gasteiger partial charge in [0.2, 0.25) is 0 Å². The second-order valence-electron chi connectivity index (χ2n) is 5.23. The predicted molar refractivity (Wildman–Crippen MR) is 79.7 cm³/mol. The standard InChI is InChI=1S/C16H19N3/c1-4-11-5-6-13-12(8-11)15(17)14-9(2)7-10(3)18-16(14)19-13/h5-8,13H,4,17H2,1-3H3,(H,18,19). The minimum absolute atomic E-state index is 0.150. The molecule has 0 aromatic carbocycles. The summed E-state index contributed by atoms with van der Waals surface area (Å²) in [6.07, 6.45) is 7.57. The summed E-state index contributed by atoms with van der Waals surface area (Å²) in [5.74, 6) is 0.904. The summed E-state index contributed by atoms with van der Waals surface area (Å²) >= 11 is 0. The molecule has 0 amide bonds. The first-order valence-electron chi connectivity index (χ1n) is 6.73. The van der Waals surface area contributed by atoms with Gasteiger partial charge in [0.15, 0.2) is 0 Å². The number of nitrogens with one attached hydrogen (secondary N) is 1. The molecule has 3 nitrogen and oxygen atoms in total. The normalized spacial score (nSPS) is 20.6. The SMILES string of the molecule is CCC1=CC2=C(N)c3c(C)cc(C)nc3NC2C=C1. The average Bonchev–Trinajstić information content (AvgIpc) is 2.37. The Labute approximate surface area is 113 Å². The molecule has 1 unspecified atom stereocenters. The molecule has 2 heterocycles. The Bertz CT molecular complexity index is 636. The van der Waals surface area contributed by atoms with E-state index in [0.717, 1.165) is 29.2 Å². The van der Waals surface area contributed by atoms with Crippen LogP contribution in [0.15, 0.2) is 35.4 Å². The monoisotopic (exact) mass is 253 g/mol. The molecule has 2 aliphatic rings. The van der Waals surface area contributed by atoms with Gasteiger partial charge < -0.3 is 11.1 Å². The van der Waals surface area contributed by atoms with Crippen molar-refractivity contribution in [3.05, 3.63) is 52.3 Å². The highest BCUT2D eigenvalue weighted by Gasteiger charge is 2.26. The Balaban J connectivity index is 2.20. The van der Waals surface area contributed by atoms with Crippen molar-refractivity contribution in [1.29, 1.82) is 0 Å². The zero-order chi connectivity index (χ0) is 13.6. The number of aromatic nitrogens is 1. The number of nitrogens with zero attached hydrogens (tertiary/aromatic N) is 1. The lowest BCUT2D eigenvalue weighted by Crippen LogP contribution is -2.29. The third kappa shape index (κ3) is 1.86. The Kier molecular flexibility index (Phi) is 2.70. The van der Waals surface area contributed by atoms with Crippen molar-refractivity contribution in [3.63, 3.8) is 0 Å². The van der Waals surface area contributed by atoms with E-state index in [1.807, 2.05) is 6.92 Å². The molecule has 0 saturated heterocycles. The Morgan fingerprint density at radius 2 is 2.16 bits per heavy atom. The molecule has 0 radical (unpaired) electrons. The number of rotatable bonds is 1. The van der Waals surface area contributed by atoms with Crippen molar-refractivity contribution in [3.8, 4) is 0 Å². The minimum Gasteiger partial charge on any atom is -0.398 e. The maximum absolute atomic E-state index is 6.39. The number of hydrogen-bond donors (Lipinski definition) is 2. The molecule has 0 saturated carbocycles. The predicted octanol–water partition coefficient (Wildman–Crippen LogP) is 3.07. The van der Waals surface area contributed by atoms with Crippen molar-refractivity contribution in [2.24, 2.45) is 5.73 Å². The Hall–Kier alpha value is -2.03. The van der Waals surface area contributed by atoms with Gasteiger partial charge in [-0.15, -0.1) is 0 Å². The summed E-state index contributed by atoms with van der Waals surface area (Å²) < 4.78 is 0. The van der Waals surface area contributed by atoms with Crippen LogP contribution < -0.4 is 11.1 Å². The molecular formula is C16H19N3. The molecule has 3 heteroatoms. The van der Waals surface area contributed by atoms with Crippen molar-refractivity contribution in [2.45, 2.75) is 33.2 Å². The highest BCUT2D eigenvalue weighted by molar-refractivity contribution is 5.84. The first-order valence-corrected chi connectivity index (χ1v) is 6.73. The van der Waals surface area contributed by atoms with Crippen LogP contribution >= 0.6 is 0 Å². The zero-order valence-electron chi connectivity index (χ0n) is 11.6. The Morgan fingerprint density at radius 1 is 1.37 bits per heavy atom. The van der Waals surface area contributed by atoms with Crippen LogP contribution in [0.5, 0.6) is 0 Å². The van der Waals surface area contributed by atoms with Gasteiger partial charge in [-0.25, -0.2) is 4.98 Å². The van der Waals surface area contributed by atoms with Gasteiger partial charge in [0.1, 0.15) is 5.82 Å². The average molecular weight is 253 g/mol. The lowest BCUT2D eigenvalue weighted by atomic mass is 9.88. The number of anilines is 1. The topological polar surface area (TPSA) is 50.9 Å². The maximum atomic E-state index is 6.39.